The Bertz CT molecular complexity index is 1570. The minimum Gasteiger partial charge on any atom is -0.503 e. The molecule has 2 unspecified atom stereocenters. The number of nitrogens with one attached hydrogen (secondary N) is 3. The van der Waals surface area contributed by atoms with Crippen LogP contribution in [0.25, 0.3) is 11.4 Å². The molecule has 0 bridgehead atoms. The number of nitrogens with two attached hydrogens (primary N) is 1. The first kappa shape index (κ1) is 27.8. The van der Waals surface area contributed by atoms with Crippen LogP contribution >= 0.6 is 11.3 Å². The van der Waals surface area contributed by atoms with Crippen molar-refractivity contribution in [1.82, 2.24) is 25.8 Å². The van der Waals surface area contributed by atoms with Crippen molar-refractivity contribution in [3.8, 4) is 17.1 Å². The van der Waals surface area contributed by atoms with Gasteiger partial charge in [0.2, 0.25) is 22.7 Å². The molecule has 0 saturated carbocycles. The Morgan fingerprint density at radius 1 is 1.30 bits per heavy atom. The van der Waals surface area contributed by atoms with E-state index in [4.69, 9.17) is 19.8 Å². The van der Waals surface area contributed by atoms with Gasteiger partial charge in [-0.3, -0.25) is 14.4 Å². The van der Waals surface area contributed by atoms with E-state index in [2.05, 4.69) is 30.9 Å². The molecule has 1 saturated heterocycles. The van der Waals surface area contributed by atoms with Gasteiger partial charge in [-0.15, -0.1) is 11.3 Å². The fraction of sp³-hybridized carbons (Fsp3) is 0.273. The molecular formula is C22H21N7O10S. The lowest BCUT2D eigenvalue weighted by atomic mass is 9.99. The van der Waals surface area contributed by atoms with Crippen LogP contribution in [0.15, 0.2) is 38.2 Å². The number of oxime groups is 1. The molecule has 1 aliphatic heterocycles. The van der Waals surface area contributed by atoms with Crippen molar-refractivity contribution in [2.75, 3.05) is 12.3 Å². The number of hydrogen-bond acceptors (Lipinski definition) is 14. The summed E-state index contributed by atoms with van der Waals surface area (Å²) in [5.41, 5.74) is 3.00. The van der Waals surface area contributed by atoms with Crippen LogP contribution in [-0.4, -0.2) is 79.1 Å². The maximum Gasteiger partial charge on any atom is 0.377 e. The quantitative estimate of drug-likeness (QED) is 0.0749. The van der Waals surface area contributed by atoms with E-state index < -0.39 is 58.3 Å². The number of β-lactam (4-membered cyclic amide) rings is 1. The lowest BCUT2D eigenvalue weighted by molar-refractivity contribution is -0.161. The van der Waals surface area contributed by atoms with E-state index in [0.717, 1.165) is 23.6 Å². The van der Waals surface area contributed by atoms with Crippen LogP contribution in [-0.2, 0) is 24.0 Å². The standard InChI is InChI=1S/C22H21N7O10S/c1-22(2,20(35)36)39-29-16(11-7-40-21(23)26-11)18(33)27-15-10(25-17(15)32)6-37-19(34)14-4-9(28-38-14)8-3-12(30)13(31)5-24-8/h3-5,7,10,15,31H,6H2,1-2H3,(H2,23,26)(H,24,30)(H,25,32)(H,27,33)(H,35,36). The Balaban J connectivity index is 1.40. The minimum atomic E-state index is -1.78. The van der Waals surface area contributed by atoms with Crippen molar-refractivity contribution in [1.29, 1.82) is 0 Å². The highest BCUT2D eigenvalue weighted by Crippen LogP contribution is 2.19. The Hall–Kier alpha value is -5.26. The summed E-state index contributed by atoms with van der Waals surface area (Å²) >= 11 is 0.995. The molecule has 1 fully saturated rings. The van der Waals surface area contributed by atoms with E-state index in [-0.39, 0.29) is 34.6 Å². The number of carboxylic acid groups (broad SMARTS) is 1. The molecule has 3 aromatic rings. The van der Waals surface area contributed by atoms with Gasteiger partial charge in [0, 0.05) is 23.7 Å². The molecule has 0 aromatic carbocycles. The van der Waals surface area contributed by atoms with Gasteiger partial charge in [-0.25, -0.2) is 14.6 Å². The summed E-state index contributed by atoms with van der Waals surface area (Å²) in [6, 6.07) is 0.269. The molecule has 2 amide bonds. The van der Waals surface area contributed by atoms with Crippen LogP contribution in [0.3, 0.4) is 0 Å². The molecule has 4 rings (SSSR count). The average Bonchev–Trinajstić information content (AvgIpc) is 3.56. The van der Waals surface area contributed by atoms with E-state index in [1.165, 1.54) is 25.3 Å². The van der Waals surface area contributed by atoms with Crippen molar-refractivity contribution in [3.63, 3.8) is 0 Å². The second-order valence-electron chi connectivity index (χ2n) is 8.75. The van der Waals surface area contributed by atoms with Crippen molar-refractivity contribution in [2.24, 2.45) is 5.16 Å². The second-order valence-corrected chi connectivity index (χ2v) is 9.64. The van der Waals surface area contributed by atoms with Gasteiger partial charge in [0.05, 0.1) is 11.7 Å². The van der Waals surface area contributed by atoms with E-state index in [9.17, 15) is 34.2 Å². The number of aromatic amines is 1. The van der Waals surface area contributed by atoms with Crippen molar-refractivity contribution < 1.29 is 43.5 Å². The summed E-state index contributed by atoms with van der Waals surface area (Å²) in [4.78, 5) is 72.1. The van der Waals surface area contributed by atoms with Gasteiger partial charge in [-0.1, -0.05) is 10.3 Å². The predicted molar refractivity (Wildman–Crippen MR) is 134 cm³/mol. The number of nitrogen functional groups attached to an aromatic ring is 1. The van der Waals surface area contributed by atoms with Crippen LogP contribution in [0.5, 0.6) is 5.75 Å². The normalized spacial score (nSPS) is 16.9. The molecule has 40 heavy (non-hydrogen) atoms. The van der Waals surface area contributed by atoms with Gasteiger partial charge in [0.25, 0.3) is 5.91 Å². The lowest BCUT2D eigenvalue weighted by Gasteiger charge is -2.36. The number of rotatable bonds is 10. The predicted octanol–water partition coefficient (Wildman–Crippen LogP) is -0.802. The number of carbonyl (C=O) groups excluding carboxylic acids is 3. The van der Waals surface area contributed by atoms with Crippen LogP contribution < -0.4 is 21.8 Å². The number of anilines is 1. The highest BCUT2D eigenvalue weighted by Gasteiger charge is 2.42. The molecular weight excluding hydrogens is 554 g/mol. The number of carbonyl (C=O) groups is 4. The topological polar surface area (TPSA) is 261 Å². The maximum absolute atomic E-state index is 13.0. The summed E-state index contributed by atoms with van der Waals surface area (Å²) in [5, 5.41) is 32.3. The number of H-pyrrole nitrogens is 1. The monoisotopic (exact) mass is 575 g/mol. The number of carboxylic acids is 1. The van der Waals surface area contributed by atoms with Gasteiger partial charge in [-0.05, 0) is 13.8 Å². The molecule has 0 spiro atoms. The first-order valence-electron chi connectivity index (χ1n) is 11.2. The zero-order chi connectivity index (χ0) is 29.2. The van der Waals surface area contributed by atoms with E-state index in [1.807, 2.05) is 0 Å². The number of amides is 2. The Morgan fingerprint density at radius 3 is 2.67 bits per heavy atom. The first-order valence-corrected chi connectivity index (χ1v) is 12.1. The van der Waals surface area contributed by atoms with Crippen molar-refractivity contribution in [2.45, 2.75) is 31.5 Å². The summed E-state index contributed by atoms with van der Waals surface area (Å²) < 4.78 is 10.1. The third-order valence-corrected chi connectivity index (χ3v) is 6.11. The SMILES string of the molecule is CC(C)(ON=C(C(=O)NC1C(=O)NC1COC(=O)c1cc(-c2cc(=O)c(O)c[nH]2)no1)c1csc(N)n1)C(=O)O. The van der Waals surface area contributed by atoms with E-state index >= 15 is 0 Å². The molecule has 17 nitrogen and oxygen atoms in total. The molecule has 0 aliphatic carbocycles. The number of aromatic nitrogens is 3. The number of esters is 1. The Kier molecular flexibility index (Phi) is 7.53. The molecule has 2 atom stereocenters. The fourth-order valence-corrected chi connectivity index (χ4v) is 3.65. The minimum absolute atomic E-state index is 0.0139. The number of ether oxygens (including phenoxy) is 1. The molecule has 4 heterocycles. The number of thiazole rings is 1. The largest absolute Gasteiger partial charge is 0.503 e. The van der Waals surface area contributed by atoms with Crippen LogP contribution in [0.1, 0.15) is 30.1 Å². The first-order chi connectivity index (χ1) is 18.9. The zero-order valence-corrected chi connectivity index (χ0v) is 21.5. The maximum atomic E-state index is 13.0. The van der Waals surface area contributed by atoms with Gasteiger partial charge >= 0.3 is 11.9 Å². The summed E-state index contributed by atoms with van der Waals surface area (Å²) in [6.45, 7) is 2.06. The highest BCUT2D eigenvalue weighted by molar-refractivity contribution is 7.13. The molecule has 3 aromatic heterocycles. The molecule has 18 heteroatoms. The van der Waals surface area contributed by atoms with Gasteiger partial charge in [0.15, 0.2) is 16.6 Å². The molecule has 210 valence electrons. The fourth-order valence-electron chi connectivity index (χ4n) is 3.10. The average molecular weight is 576 g/mol. The third-order valence-electron chi connectivity index (χ3n) is 5.43. The highest BCUT2D eigenvalue weighted by atomic mass is 32.1. The third kappa shape index (κ3) is 5.90. The zero-order valence-electron chi connectivity index (χ0n) is 20.7. The lowest BCUT2D eigenvalue weighted by Crippen LogP contribution is -2.71. The van der Waals surface area contributed by atoms with Crippen molar-refractivity contribution >= 4 is 45.9 Å². The molecule has 7 N–H and O–H groups in total. The van der Waals surface area contributed by atoms with Crippen molar-refractivity contribution in [3.05, 3.63) is 45.4 Å². The molecule has 1 aliphatic rings. The van der Waals surface area contributed by atoms with Crippen LogP contribution in [0.2, 0.25) is 0 Å². The number of hydrogen-bond donors (Lipinski definition) is 6. The second kappa shape index (κ2) is 10.8. The van der Waals surface area contributed by atoms with Crippen LogP contribution in [0.4, 0.5) is 5.13 Å². The summed E-state index contributed by atoms with van der Waals surface area (Å²) in [5.74, 6) is -4.62. The summed E-state index contributed by atoms with van der Waals surface area (Å²) in [6.07, 6.45) is 1.05. The van der Waals surface area contributed by atoms with E-state index in [1.54, 1.807) is 0 Å². The van der Waals surface area contributed by atoms with Gasteiger partial charge in [0.1, 0.15) is 24.0 Å². The number of aromatic hydroxyl groups is 1. The molecule has 0 radical (unpaired) electrons. The number of nitrogens with zero attached hydrogens (tertiary/aromatic N) is 3. The number of aliphatic carboxylic acids is 1. The number of pyridine rings is 1. The van der Waals surface area contributed by atoms with E-state index in [0.29, 0.717) is 0 Å². The Morgan fingerprint density at radius 2 is 2.05 bits per heavy atom. The van der Waals surface area contributed by atoms with Gasteiger partial charge in [-0.2, -0.15) is 0 Å². The summed E-state index contributed by atoms with van der Waals surface area (Å²) in [7, 11) is 0. The Labute approximate surface area is 227 Å². The van der Waals surface area contributed by atoms with Crippen LogP contribution in [0, 0.1) is 0 Å². The van der Waals surface area contributed by atoms with Gasteiger partial charge < -0.3 is 45.7 Å². The smallest absolute Gasteiger partial charge is 0.377 e.